The number of hydrogen-bond donors (Lipinski definition) is 0. The van der Waals surface area contributed by atoms with E-state index in [1.54, 1.807) is 12.2 Å². The topological polar surface area (TPSA) is 21.6 Å². The summed E-state index contributed by atoms with van der Waals surface area (Å²) in [7, 11) is 0. The van der Waals surface area contributed by atoms with Crippen LogP contribution >= 0.6 is 0 Å². The zero-order valence-corrected chi connectivity index (χ0v) is 16.4. The van der Waals surface area contributed by atoms with Crippen LogP contribution in [-0.4, -0.2) is 18.5 Å². The zero-order valence-electron chi connectivity index (χ0n) is 16.4. The molecule has 1 saturated carbocycles. The average molecular weight is 389 g/mol. The van der Waals surface area contributed by atoms with Gasteiger partial charge in [-0.25, -0.2) is 0 Å². The van der Waals surface area contributed by atoms with E-state index in [9.17, 15) is 13.2 Å². The third kappa shape index (κ3) is 4.75. The molecule has 0 bridgehead atoms. The number of oxime groups is 1. The van der Waals surface area contributed by atoms with E-state index in [0.717, 1.165) is 41.7 Å². The first-order valence-corrected chi connectivity index (χ1v) is 9.66. The lowest BCUT2D eigenvalue weighted by molar-refractivity contribution is -0.0931. The van der Waals surface area contributed by atoms with Crippen LogP contribution in [0.4, 0.5) is 13.2 Å². The van der Waals surface area contributed by atoms with E-state index in [-0.39, 0.29) is 11.8 Å². The van der Waals surface area contributed by atoms with Gasteiger partial charge in [0, 0.05) is 11.0 Å². The summed E-state index contributed by atoms with van der Waals surface area (Å²) < 4.78 is 39.2. The molecule has 3 aliphatic carbocycles. The van der Waals surface area contributed by atoms with Gasteiger partial charge >= 0.3 is 6.18 Å². The van der Waals surface area contributed by atoms with E-state index in [0.29, 0.717) is 13.0 Å². The lowest BCUT2D eigenvalue weighted by atomic mass is 9.88. The molecule has 0 amide bonds. The molecule has 0 radical (unpaired) electrons. The van der Waals surface area contributed by atoms with Crippen LogP contribution in [0.3, 0.4) is 0 Å². The molecule has 0 heterocycles. The Hall–Kier alpha value is -2.30. The maximum absolute atomic E-state index is 13.1. The molecule has 0 aromatic carbocycles. The van der Waals surface area contributed by atoms with Crippen molar-refractivity contribution in [2.45, 2.75) is 52.1 Å². The van der Waals surface area contributed by atoms with Crippen LogP contribution in [0.1, 0.15) is 46.0 Å². The van der Waals surface area contributed by atoms with Crippen molar-refractivity contribution in [1.29, 1.82) is 0 Å². The van der Waals surface area contributed by atoms with Gasteiger partial charge in [-0.3, -0.25) is 0 Å². The molecule has 150 valence electrons. The Morgan fingerprint density at radius 3 is 2.50 bits per heavy atom. The van der Waals surface area contributed by atoms with Crippen LogP contribution in [0.2, 0.25) is 0 Å². The highest BCUT2D eigenvalue weighted by Gasteiger charge is 2.48. The lowest BCUT2D eigenvalue weighted by Crippen LogP contribution is -2.17. The van der Waals surface area contributed by atoms with Crippen LogP contribution in [0.15, 0.2) is 76.1 Å². The molecule has 3 aliphatic rings. The van der Waals surface area contributed by atoms with Crippen LogP contribution < -0.4 is 0 Å². The quantitative estimate of drug-likeness (QED) is 0.289. The summed E-state index contributed by atoms with van der Waals surface area (Å²) in [5.74, 6) is 0. The van der Waals surface area contributed by atoms with Crippen molar-refractivity contribution < 1.29 is 18.0 Å². The summed E-state index contributed by atoms with van der Waals surface area (Å²) in [5, 5.41) is 4.33. The smallest absolute Gasteiger partial charge is 0.391 e. The molecule has 0 aliphatic heterocycles. The highest BCUT2D eigenvalue weighted by atomic mass is 19.4. The van der Waals surface area contributed by atoms with Gasteiger partial charge in [-0.15, -0.1) is 0 Å². The van der Waals surface area contributed by atoms with Gasteiger partial charge in [-0.1, -0.05) is 53.8 Å². The molecule has 0 spiro atoms. The minimum atomic E-state index is -4.28. The first-order chi connectivity index (χ1) is 13.3. The molecule has 0 aromatic heterocycles. The molecule has 0 aromatic rings. The summed E-state index contributed by atoms with van der Waals surface area (Å²) in [5.41, 5.74) is 3.21. The highest BCUT2D eigenvalue weighted by molar-refractivity contribution is 5.93. The first-order valence-electron chi connectivity index (χ1n) is 9.66. The predicted octanol–water partition coefficient (Wildman–Crippen LogP) is 6.76. The van der Waals surface area contributed by atoms with Gasteiger partial charge in [0.25, 0.3) is 0 Å². The fourth-order valence-electron chi connectivity index (χ4n) is 3.57. The Morgan fingerprint density at radius 2 is 1.79 bits per heavy atom. The Kier molecular flexibility index (Phi) is 6.11. The van der Waals surface area contributed by atoms with E-state index >= 15 is 0 Å². The van der Waals surface area contributed by atoms with Crippen molar-refractivity contribution in [1.82, 2.24) is 0 Å². The van der Waals surface area contributed by atoms with Gasteiger partial charge in [0.1, 0.15) is 6.61 Å². The Balaban J connectivity index is 1.71. The molecule has 0 atom stereocenters. The Bertz CT molecular complexity index is 815. The van der Waals surface area contributed by atoms with E-state index in [4.69, 9.17) is 4.84 Å². The van der Waals surface area contributed by atoms with Crippen LogP contribution in [-0.2, 0) is 4.84 Å². The maximum Gasteiger partial charge on any atom is 0.412 e. The second-order valence-electron chi connectivity index (χ2n) is 7.51. The standard InChI is InChI=1S/C23H26F3NO/c1-17-8-4-3-5-9-19(17)16-28-27-18(2)22(14-15-22)20-10-6-7-11-21(13-12-20)23(24,25)26/h4-6,8-12H,3,7,13-16H2,1-2H3/b10-6-,20-12+,21-11+,27-18?. The minimum absolute atomic E-state index is 0.0950. The second kappa shape index (κ2) is 8.38. The summed E-state index contributed by atoms with van der Waals surface area (Å²) in [6.07, 6.45) is 13.6. The minimum Gasteiger partial charge on any atom is -0.391 e. The molecule has 3 rings (SSSR count). The number of halogens is 3. The summed E-state index contributed by atoms with van der Waals surface area (Å²) in [4.78, 5) is 5.61. The molecule has 28 heavy (non-hydrogen) atoms. The van der Waals surface area contributed by atoms with E-state index in [1.165, 1.54) is 6.08 Å². The van der Waals surface area contributed by atoms with E-state index in [1.807, 2.05) is 19.9 Å². The molecule has 0 saturated heterocycles. The summed E-state index contributed by atoms with van der Waals surface area (Å²) in [6.45, 7) is 4.33. The number of rotatable bonds is 5. The second-order valence-corrected chi connectivity index (χ2v) is 7.51. The lowest BCUT2D eigenvalue weighted by Gasteiger charge is -2.19. The van der Waals surface area contributed by atoms with Crippen molar-refractivity contribution in [3.63, 3.8) is 0 Å². The third-order valence-corrected chi connectivity index (χ3v) is 5.59. The molecular weight excluding hydrogens is 363 g/mol. The molecule has 2 nitrogen and oxygen atoms in total. The molecular formula is C23H26F3NO. The third-order valence-electron chi connectivity index (χ3n) is 5.59. The van der Waals surface area contributed by atoms with Gasteiger partial charge in [-0.05, 0) is 62.7 Å². The average Bonchev–Trinajstić information content (AvgIpc) is 3.41. The van der Waals surface area contributed by atoms with Gasteiger partial charge in [-0.2, -0.15) is 13.2 Å². The fourth-order valence-corrected chi connectivity index (χ4v) is 3.57. The summed E-state index contributed by atoms with van der Waals surface area (Å²) >= 11 is 0. The van der Waals surface area contributed by atoms with Crippen molar-refractivity contribution in [3.8, 4) is 0 Å². The Morgan fingerprint density at radius 1 is 1.07 bits per heavy atom. The van der Waals surface area contributed by atoms with E-state index < -0.39 is 11.7 Å². The summed E-state index contributed by atoms with van der Waals surface area (Å²) in [6, 6.07) is 0. The number of allylic oxidation sites excluding steroid dienone is 10. The normalized spacial score (nSPS) is 27.1. The Labute approximate surface area is 164 Å². The van der Waals surface area contributed by atoms with Crippen LogP contribution in [0.5, 0.6) is 0 Å². The van der Waals surface area contributed by atoms with Crippen molar-refractivity contribution in [2.75, 3.05) is 6.61 Å². The van der Waals surface area contributed by atoms with Gasteiger partial charge in [0.2, 0.25) is 0 Å². The van der Waals surface area contributed by atoms with Crippen LogP contribution in [0, 0.1) is 5.41 Å². The van der Waals surface area contributed by atoms with Gasteiger partial charge < -0.3 is 4.84 Å². The fraction of sp³-hybridized carbons (Fsp3) is 0.435. The van der Waals surface area contributed by atoms with Crippen molar-refractivity contribution in [2.24, 2.45) is 10.6 Å². The molecule has 5 heteroatoms. The predicted molar refractivity (Wildman–Crippen MR) is 107 cm³/mol. The highest BCUT2D eigenvalue weighted by Crippen LogP contribution is 2.54. The molecule has 1 fully saturated rings. The first kappa shape index (κ1) is 20.4. The van der Waals surface area contributed by atoms with Crippen LogP contribution in [0.25, 0.3) is 0 Å². The zero-order chi connectivity index (χ0) is 20.2. The largest absolute Gasteiger partial charge is 0.412 e. The SMILES string of the molecule is CC(=NOCC1=C(C)C=CCC=C1)C1(C2=C/C/C(C(F)(F)F)=C\C/C=C\2)CC1. The number of hydrogen-bond acceptors (Lipinski definition) is 2. The monoisotopic (exact) mass is 389 g/mol. The number of alkyl halides is 3. The van der Waals surface area contributed by atoms with E-state index in [2.05, 4.69) is 29.5 Å². The molecule has 0 N–H and O–H groups in total. The van der Waals surface area contributed by atoms with Crippen molar-refractivity contribution >= 4 is 5.71 Å². The van der Waals surface area contributed by atoms with Gasteiger partial charge in [0.15, 0.2) is 0 Å². The van der Waals surface area contributed by atoms with Crippen molar-refractivity contribution in [3.05, 3.63) is 70.9 Å². The molecule has 0 unspecified atom stereocenters. The number of nitrogens with zero attached hydrogens (tertiary/aromatic N) is 1. The maximum atomic E-state index is 13.1. The van der Waals surface area contributed by atoms with Gasteiger partial charge in [0.05, 0.1) is 5.71 Å².